The molecule has 2 aromatic heterocycles. The molecular weight excluding hydrogens is 424 g/mol. The molecule has 4 rings (SSSR count). The normalized spacial score (nSPS) is 11.7. The van der Waals surface area contributed by atoms with Crippen molar-refractivity contribution >= 4 is 32.6 Å². The lowest BCUT2D eigenvalue weighted by Crippen LogP contribution is -2.12. The van der Waals surface area contributed by atoms with E-state index in [0.717, 1.165) is 23.5 Å². The van der Waals surface area contributed by atoms with Gasteiger partial charge in [-0.3, -0.25) is 4.79 Å². The predicted molar refractivity (Wildman–Crippen MR) is 101 cm³/mol. The second-order valence-corrected chi connectivity index (χ2v) is 7.29. The summed E-state index contributed by atoms with van der Waals surface area (Å²) >= 11 is 1.14. The molecule has 30 heavy (non-hydrogen) atoms. The standard InChI is InChI=1S/C19H12F4N4O2S/c20-12-4-5-13-14(9-12)30-18(24-13)25-15(28)6-7-16-26-27-17(29-16)10-2-1-3-11(8-10)19(21,22)23/h1-5,8-9H,6-7H2,(H,24,25,28). The highest BCUT2D eigenvalue weighted by Crippen LogP contribution is 2.32. The molecule has 0 atom stereocenters. The fraction of sp³-hybridized carbons (Fsp3) is 0.158. The van der Waals surface area contributed by atoms with E-state index in [9.17, 15) is 22.4 Å². The maximum Gasteiger partial charge on any atom is 0.416 e. The third-order valence-electron chi connectivity index (χ3n) is 4.07. The Morgan fingerprint density at radius 2 is 1.97 bits per heavy atom. The van der Waals surface area contributed by atoms with Gasteiger partial charge in [-0.1, -0.05) is 17.4 Å². The van der Waals surface area contributed by atoms with Gasteiger partial charge in [-0.15, -0.1) is 10.2 Å². The molecule has 0 aliphatic heterocycles. The van der Waals surface area contributed by atoms with Gasteiger partial charge in [-0.05, 0) is 36.4 Å². The maximum absolute atomic E-state index is 13.2. The van der Waals surface area contributed by atoms with Crippen LogP contribution < -0.4 is 5.32 Å². The fourth-order valence-corrected chi connectivity index (χ4v) is 3.56. The zero-order chi connectivity index (χ0) is 21.3. The van der Waals surface area contributed by atoms with E-state index in [1.807, 2.05) is 0 Å². The maximum atomic E-state index is 13.2. The number of carbonyl (C=O) groups excluding carboxylic acids is 1. The third-order valence-corrected chi connectivity index (χ3v) is 5.00. The van der Waals surface area contributed by atoms with E-state index >= 15 is 0 Å². The molecule has 154 valence electrons. The first-order chi connectivity index (χ1) is 14.3. The molecule has 0 unspecified atom stereocenters. The average Bonchev–Trinajstić information content (AvgIpc) is 3.32. The molecule has 6 nitrogen and oxygen atoms in total. The number of aryl methyl sites for hydroxylation is 1. The lowest BCUT2D eigenvalue weighted by molar-refractivity contribution is -0.137. The quantitative estimate of drug-likeness (QED) is 0.442. The highest BCUT2D eigenvalue weighted by molar-refractivity contribution is 7.22. The number of thiazole rings is 1. The number of anilines is 1. The van der Waals surface area contributed by atoms with Crippen molar-refractivity contribution in [3.63, 3.8) is 0 Å². The van der Waals surface area contributed by atoms with Gasteiger partial charge >= 0.3 is 6.18 Å². The number of aromatic nitrogens is 3. The summed E-state index contributed by atoms with van der Waals surface area (Å²) in [4.78, 5) is 16.3. The number of amides is 1. The molecule has 0 radical (unpaired) electrons. The molecule has 0 aliphatic carbocycles. The van der Waals surface area contributed by atoms with Crippen molar-refractivity contribution in [2.45, 2.75) is 19.0 Å². The Balaban J connectivity index is 1.38. The number of nitrogens with one attached hydrogen (secondary N) is 1. The van der Waals surface area contributed by atoms with E-state index in [1.54, 1.807) is 0 Å². The molecule has 2 aromatic carbocycles. The number of hydrogen-bond donors (Lipinski definition) is 1. The minimum atomic E-state index is -4.48. The molecule has 1 amide bonds. The summed E-state index contributed by atoms with van der Waals surface area (Å²) in [5, 5.41) is 10.5. The second-order valence-electron chi connectivity index (χ2n) is 6.26. The van der Waals surface area contributed by atoms with Crippen LogP contribution in [0.4, 0.5) is 22.7 Å². The highest BCUT2D eigenvalue weighted by atomic mass is 32.1. The summed E-state index contributed by atoms with van der Waals surface area (Å²) in [6.07, 6.45) is -4.39. The van der Waals surface area contributed by atoms with Gasteiger partial charge < -0.3 is 9.73 Å². The number of fused-ring (bicyclic) bond motifs is 1. The Morgan fingerprint density at radius 3 is 2.77 bits per heavy atom. The van der Waals surface area contributed by atoms with E-state index in [4.69, 9.17) is 4.42 Å². The smallest absolute Gasteiger partial charge is 0.416 e. The number of benzene rings is 2. The average molecular weight is 436 g/mol. The van der Waals surface area contributed by atoms with E-state index in [1.165, 1.54) is 30.3 Å². The molecule has 2 heterocycles. The van der Waals surface area contributed by atoms with Crippen LogP contribution >= 0.6 is 11.3 Å². The Hall–Kier alpha value is -3.34. The number of nitrogens with zero attached hydrogens (tertiary/aromatic N) is 3. The van der Waals surface area contributed by atoms with Gasteiger partial charge in [-0.2, -0.15) is 13.2 Å². The third kappa shape index (κ3) is 4.46. The van der Waals surface area contributed by atoms with Crippen molar-refractivity contribution in [2.24, 2.45) is 0 Å². The van der Waals surface area contributed by atoms with Crippen LogP contribution in [0.2, 0.25) is 0 Å². The van der Waals surface area contributed by atoms with Gasteiger partial charge in [0.05, 0.1) is 15.8 Å². The van der Waals surface area contributed by atoms with Crippen LogP contribution in [-0.4, -0.2) is 21.1 Å². The van der Waals surface area contributed by atoms with Crippen LogP contribution in [0, 0.1) is 5.82 Å². The summed E-state index contributed by atoms with van der Waals surface area (Å²) in [5.74, 6) is -0.709. The first kappa shape index (κ1) is 20.0. The molecule has 0 aliphatic rings. The lowest BCUT2D eigenvalue weighted by Gasteiger charge is -2.06. The lowest BCUT2D eigenvalue weighted by atomic mass is 10.1. The Labute approximate surface area is 170 Å². The molecular formula is C19H12F4N4O2S. The topological polar surface area (TPSA) is 80.9 Å². The Morgan fingerprint density at radius 1 is 1.13 bits per heavy atom. The minimum absolute atomic E-state index is 0.00545. The fourth-order valence-electron chi connectivity index (χ4n) is 2.65. The Bertz CT molecular complexity index is 1220. The van der Waals surface area contributed by atoms with Gasteiger partial charge in [0.1, 0.15) is 5.82 Å². The summed E-state index contributed by atoms with van der Waals surface area (Å²) in [6.45, 7) is 0. The van der Waals surface area contributed by atoms with Gasteiger partial charge in [0, 0.05) is 18.4 Å². The first-order valence-electron chi connectivity index (χ1n) is 8.64. The molecule has 0 fully saturated rings. The summed E-state index contributed by atoms with van der Waals surface area (Å²) in [7, 11) is 0. The zero-order valence-electron chi connectivity index (χ0n) is 15.0. The van der Waals surface area contributed by atoms with Crippen molar-refractivity contribution in [1.82, 2.24) is 15.2 Å². The van der Waals surface area contributed by atoms with Crippen LogP contribution in [0.1, 0.15) is 17.9 Å². The predicted octanol–water partition coefficient (Wildman–Crippen LogP) is 5.08. The van der Waals surface area contributed by atoms with E-state index < -0.39 is 17.6 Å². The second kappa shape index (κ2) is 7.82. The van der Waals surface area contributed by atoms with E-state index in [-0.39, 0.29) is 36.1 Å². The highest BCUT2D eigenvalue weighted by Gasteiger charge is 2.30. The molecule has 11 heteroatoms. The van der Waals surface area contributed by atoms with Crippen molar-refractivity contribution < 1.29 is 26.8 Å². The van der Waals surface area contributed by atoms with Crippen LogP contribution in [0.15, 0.2) is 46.9 Å². The van der Waals surface area contributed by atoms with Crippen LogP contribution in [0.25, 0.3) is 21.7 Å². The number of carbonyl (C=O) groups is 1. The molecule has 0 bridgehead atoms. The van der Waals surface area contributed by atoms with Crippen LogP contribution in [0.5, 0.6) is 0 Å². The van der Waals surface area contributed by atoms with Gasteiger partial charge in [-0.25, -0.2) is 9.37 Å². The first-order valence-corrected chi connectivity index (χ1v) is 9.45. The number of alkyl halides is 3. The van der Waals surface area contributed by atoms with Crippen molar-refractivity contribution in [2.75, 3.05) is 5.32 Å². The molecule has 0 saturated heterocycles. The monoisotopic (exact) mass is 436 g/mol. The molecule has 4 aromatic rings. The van der Waals surface area contributed by atoms with Gasteiger partial charge in [0.25, 0.3) is 0 Å². The molecule has 0 spiro atoms. The number of hydrogen-bond acceptors (Lipinski definition) is 6. The Kier molecular flexibility index (Phi) is 5.20. The van der Waals surface area contributed by atoms with Crippen molar-refractivity contribution in [3.05, 3.63) is 59.7 Å². The van der Waals surface area contributed by atoms with Gasteiger partial charge in [0.15, 0.2) is 5.13 Å². The summed E-state index contributed by atoms with van der Waals surface area (Å²) < 4.78 is 57.7. The molecule has 1 N–H and O–H groups in total. The zero-order valence-corrected chi connectivity index (χ0v) is 15.9. The van der Waals surface area contributed by atoms with Crippen molar-refractivity contribution in [3.8, 4) is 11.5 Å². The largest absolute Gasteiger partial charge is 0.421 e. The van der Waals surface area contributed by atoms with Gasteiger partial charge in [0.2, 0.25) is 17.7 Å². The van der Waals surface area contributed by atoms with Crippen LogP contribution in [0.3, 0.4) is 0 Å². The molecule has 0 saturated carbocycles. The minimum Gasteiger partial charge on any atom is -0.421 e. The van der Waals surface area contributed by atoms with E-state index in [0.29, 0.717) is 15.3 Å². The summed E-state index contributed by atoms with van der Waals surface area (Å²) in [5.41, 5.74) is -0.121. The van der Waals surface area contributed by atoms with Crippen molar-refractivity contribution in [1.29, 1.82) is 0 Å². The number of rotatable bonds is 5. The van der Waals surface area contributed by atoms with Crippen LogP contribution in [-0.2, 0) is 17.4 Å². The van der Waals surface area contributed by atoms with E-state index in [2.05, 4.69) is 20.5 Å². The SMILES string of the molecule is O=C(CCc1nnc(-c2cccc(C(F)(F)F)c2)o1)Nc1nc2ccc(F)cc2s1. The summed E-state index contributed by atoms with van der Waals surface area (Å²) in [6, 6.07) is 8.67. The number of halogens is 4.